The number of fused-ring (bicyclic) bond motifs is 1. The van der Waals surface area contributed by atoms with E-state index in [0.29, 0.717) is 0 Å². The first kappa shape index (κ1) is 11.3. The predicted molar refractivity (Wildman–Crippen MR) is 68.8 cm³/mol. The first-order valence-electron chi connectivity index (χ1n) is 6.20. The molecule has 3 N–H and O–H groups in total. The molecule has 0 spiro atoms. The Balaban J connectivity index is 2.05. The van der Waals surface area contributed by atoms with E-state index in [4.69, 9.17) is 5.73 Å². The number of nitrogens with two attached hydrogens (primary N) is 1. The van der Waals surface area contributed by atoms with Gasteiger partial charge in [0.1, 0.15) is 5.82 Å². The van der Waals surface area contributed by atoms with Crippen LogP contribution in [0.25, 0.3) is 0 Å². The maximum atomic E-state index is 13.5. The quantitative estimate of drug-likeness (QED) is 0.799. The standard InChI is InChI=1S/C14H16FN3/c1-2-14(13-7-17-8-18-13)5-9-3-11(15)12(16)4-10(9)6-14/h3-4,7-8H,2,5-6,16H2,1H3,(H,17,18). The van der Waals surface area contributed by atoms with Crippen LogP contribution in [0.3, 0.4) is 0 Å². The van der Waals surface area contributed by atoms with E-state index in [1.165, 1.54) is 0 Å². The van der Waals surface area contributed by atoms with Crippen LogP contribution in [0, 0.1) is 5.82 Å². The van der Waals surface area contributed by atoms with Gasteiger partial charge in [-0.25, -0.2) is 9.37 Å². The number of hydrogen-bond donors (Lipinski definition) is 2. The highest BCUT2D eigenvalue weighted by Crippen LogP contribution is 2.42. The maximum absolute atomic E-state index is 13.5. The first-order chi connectivity index (χ1) is 8.64. The van der Waals surface area contributed by atoms with Gasteiger partial charge in [0.15, 0.2) is 0 Å². The topological polar surface area (TPSA) is 54.7 Å². The van der Waals surface area contributed by atoms with Gasteiger partial charge < -0.3 is 10.7 Å². The lowest BCUT2D eigenvalue weighted by atomic mass is 9.79. The minimum atomic E-state index is -0.315. The zero-order valence-corrected chi connectivity index (χ0v) is 10.3. The second kappa shape index (κ2) is 3.83. The Hall–Kier alpha value is -1.84. The number of aromatic nitrogens is 2. The minimum Gasteiger partial charge on any atom is -0.396 e. The third kappa shape index (κ3) is 1.52. The number of aromatic amines is 1. The summed E-state index contributed by atoms with van der Waals surface area (Å²) in [5.41, 5.74) is 9.25. The molecule has 1 unspecified atom stereocenters. The van der Waals surface area contributed by atoms with Gasteiger partial charge in [0.05, 0.1) is 12.0 Å². The number of rotatable bonds is 2. The second-order valence-electron chi connectivity index (χ2n) is 5.10. The van der Waals surface area contributed by atoms with E-state index in [0.717, 1.165) is 36.1 Å². The van der Waals surface area contributed by atoms with E-state index in [1.54, 1.807) is 18.5 Å². The Morgan fingerprint density at radius 2 is 2.11 bits per heavy atom. The number of hydrogen-bond acceptors (Lipinski definition) is 2. The molecular weight excluding hydrogens is 229 g/mol. The van der Waals surface area contributed by atoms with Crippen molar-refractivity contribution in [3.05, 3.63) is 47.3 Å². The van der Waals surface area contributed by atoms with Gasteiger partial charge in [-0.05, 0) is 42.5 Å². The summed E-state index contributed by atoms with van der Waals surface area (Å²) in [5, 5.41) is 0. The molecule has 0 saturated carbocycles. The molecule has 1 aliphatic rings. The average molecular weight is 245 g/mol. The molecule has 0 radical (unpaired) electrons. The fourth-order valence-electron chi connectivity index (χ4n) is 2.98. The van der Waals surface area contributed by atoms with Gasteiger partial charge in [-0.2, -0.15) is 0 Å². The van der Waals surface area contributed by atoms with Gasteiger partial charge in [0, 0.05) is 17.3 Å². The summed E-state index contributed by atoms with van der Waals surface area (Å²) < 4.78 is 13.5. The van der Waals surface area contributed by atoms with Crippen molar-refractivity contribution >= 4 is 5.69 Å². The average Bonchev–Trinajstić information content (AvgIpc) is 2.97. The molecule has 0 fully saturated rings. The summed E-state index contributed by atoms with van der Waals surface area (Å²) >= 11 is 0. The van der Waals surface area contributed by atoms with Gasteiger partial charge in [-0.3, -0.25) is 0 Å². The molecule has 0 aliphatic heterocycles. The Morgan fingerprint density at radius 3 is 2.72 bits per heavy atom. The molecule has 1 aromatic heterocycles. The molecule has 0 bridgehead atoms. The molecule has 1 aliphatic carbocycles. The summed E-state index contributed by atoms with van der Waals surface area (Å²) in [6.45, 7) is 2.16. The van der Waals surface area contributed by atoms with Gasteiger partial charge in [-0.1, -0.05) is 6.92 Å². The molecule has 0 amide bonds. The van der Waals surface area contributed by atoms with Crippen LogP contribution in [-0.4, -0.2) is 9.97 Å². The first-order valence-corrected chi connectivity index (χ1v) is 6.20. The largest absolute Gasteiger partial charge is 0.396 e. The predicted octanol–water partition coefficient (Wildman–Crippen LogP) is 2.58. The lowest BCUT2D eigenvalue weighted by Crippen LogP contribution is -2.26. The fourth-order valence-corrected chi connectivity index (χ4v) is 2.98. The number of benzene rings is 1. The normalized spacial score (nSPS) is 22.1. The summed E-state index contributed by atoms with van der Waals surface area (Å²) in [6, 6.07) is 3.36. The Kier molecular flexibility index (Phi) is 2.40. The fraction of sp³-hybridized carbons (Fsp3) is 0.357. The highest BCUT2D eigenvalue weighted by molar-refractivity contribution is 5.50. The smallest absolute Gasteiger partial charge is 0.146 e. The van der Waals surface area contributed by atoms with E-state index >= 15 is 0 Å². The highest BCUT2D eigenvalue weighted by Gasteiger charge is 2.38. The Bertz CT molecular complexity index is 544. The molecule has 3 rings (SSSR count). The van der Waals surface area contributed by atoms with Crippen LogP contribution in [0.5, 0.6) is 0 Å². The number of nitrogen functional groups attached to an aromatic ring is 1. The van der Waals surface area contributed by atoms with Crippen molar-refractivity contribution in [3.8, 4) is 0 Å². The molecular formula is C14H16FN3. The number of anilines is 1. The van der Waals surface area contributed by atoms with Crippen LogP contribution in [0.4, 0.5) is 10.1 Å². The third-order valence-electron chi connectivity index (χ3n) is 4.12. The van der Waals surface area contributed by atoms with Crippen LogP contribution in [0.15, 0.2) is 24.7 Å². The van der Waals surface area contributed by atoms with Gasteiger partial charge in [0.2, 0.25) is 0 Å². The van der Waals surface area contributed by atoms with Gasteiger partial charge >= 0.3 is 0 Å². The van der Waals surface area contributed by atoms with Gasteiger partial charge in [0.25, 0.3) is 0 Å². The van der Waals surface area contributed by atoms with Crippen molar-refractivity contribution in [2.24, 2.45) is 0 Å². The summed E-state index contributed by atoms with van der Waals surface area (Å²) in [4.78, 5) is 7.30. The monoisotopic (exact) mass is 245 g/mol. The van der Waals surface area contributed by atoms with Crippen LogP contribution in [0.2, 0.25) is 0 Å². The highest BCUT2D eigenvalue weighted by atomic mass is 19.1. The van der Waals surface area contributed by atoms with E-state index < -0.39 is 0 Å². The molecule has 3 nitrogen and oxygen atoms in total. The van der Waals surface area contributed by atoms with Crippen molar-refractivity contribution in [2.75, 3.05) is 5.73 Å². The molecule has 1 heterocycles. The molecule has 94 valence electrons. The van der Waals surface area contributed by atoms with E-state index in [2.05, 4.69) is 16.9 Å². The van der Waals surface area contributed by atoms with Crippen molar-refractivity contribution in [2.45, 2.75) is 31.6 Å². The molecule has 1 atom stereocenters. The van der Waals surface area contributed by atoms with Crippen LogP contribution >= 0.6 is 0 Å². The van der Waals surface area contributed by atoms with Crippen molar-refractivity contribution in [1.29, 1.82) is 0 Å². The lowest BCUT2D eigenvalue weighted by Gasteiger charge is -2.25. The maximum Gasteiger partial charge on any atom is 0.146 e. The molecule has 1 aromatic carbocycles. The van der Waals surface area contributed by atoms with E-state index in [-0.39, 0.29) is 16.9 Å². The number of nitrogens with one attached hydrogen (secondary N) is 1. The number of halogens is 1. The Labute approximate surface area is 105 Å². The van der Waals surface area contributed by atoms with Crippen molar-refractivity contribution < 1.29 is 4.39 Å². The number of H-pyrrole nitrogens is 1. The summed E-state index contributed by atoms with van der Waals surface area (Å²) in [5.74, 6) is -0.315. The SMILES string of the molecule is CCC1(c2cnc[nH]2)Cc2cc(N)c(F)cc2C1. The van der Waals surface area contributed by atoms with Gasteiger partial charge in [-0.15, -0.1) is 0 Å². The van der Waals surface area contributed by atoms with E-state index in [1.807, 2.05) is 6.20 Å². The molecule has 18 heavy (non-hydrogen) atoms. The lowest BCUT2D eigenvalue weighted by molar-refractivity contribution is 0.423. The summed E-state index contributed by atoms with van der Waals surface area (Å²) in [7, 11) is 0. The van der Waals surface area contributed by atoms with Crippen LogP contribution in [-0.2, 0) is 18.3 Å². The summed E-state index contributed by atoms with van der Waals surface area (Å²) in [6.07, 6.45) is 6.30. The van der Waals surface area contributed by atoms with Crippen LogP contribution < -0.4 is 5.73 Å². The second-order valence-corrected chi connectivity index (χ2v) is 5.10. The van der Waals surface area contributed by atoms with Crippen molar-refractivity contribution in [3.63, 3.8) is 0 Å². The van der Waals surface area contributed by atoms with E-state index in [9.17, 15) is 4.39 Å². The number of nitrogens with zero attached hydrogens (tertiary/aromatic N) is 1. The Morgan fingerprint density at radius 1 is 1.39 bits per heavy atom. The molecule has 2 aromatic rings. The minimum absolute atomic E-state index is 0.0130. The third-order valence-corrected chi connectivity index (χ3v) is 4.12. The zero-order valence-electron chi connectivity index (χ0n) is 10.3. The zero-order chi connectivity index (χ0) is 12.8. The van der Waals surface area contributed by atoms with Crippen LogP contribution in [0.1, 0.15) is 30.2 Å². The number of imidazole rings is 1. The van der Waals surface area contributed by atoms with Crippen molar-refractivity contribution in [1.82, 2.24) is 9.97 Å². The molecule has 0 saturated heterocycles. The molecule has 4 heteroatoms.